The third-order valence-electron chi connectivity index (χ3n) is 3.44. The fourth-order valence-corrected chi connectivity index (χ4v) is 2.36. The van der Waals surface area contributed by atoms with E-state index in [1.54, 1.807) is 19.1 Å². The predicted molar refractivity (Wildman–Crippen MR) is 85.6 cm³/mol. The molecule has 3 nitrogen and oxygen atoms in total. The molecule has 110 valence electrons. The lowest BCUT2D eigenvalue weighted by molar-refractivity contribution is -0.145. The molecule has 0 saturated heterocycles. The van der Waals surface area contributed by atoms with Crippen LogP contribution < -0.4 is 5.32 Å². The number of nitrogens with one attached hydrogen (secondary N) is 1. The predicted octanol–water partition coefficient (Wildman–Crippen LogP) is 4.15. The normalized spacial score (nSPS) is 13.3. The van der Waals surface area contributed by atoms with E-state index >= 15 is 0 Å². The van der Waals surface area contributed by atoms with Crippen LogP contribution in [-0.4, -0.2) is 13.1 Å². The molecule has 0 bridgehead atoms. The smallest absolute Gasteiger partial charge is 0.335 e. The molecule has 2 rings (SSSR count). The highest BCUT2D eigenvalue weighted by molar-refractivity contribution is 6.30. The maximum Gasteiger partial charge on any atom is 0.335 e. The zero-order valence-corrected chi connectivity index (χ0v) is 13.1. The number of carbonyl (C=O) groups is 1. The number of esters is 1. The molecule has 2 aromatic carbocycles. The van der Waals surface area contributed by atoms with Gasteiger partial charge in [-0.3, -0.25) is 0 Å². The molecular weight excluding hydrogens is 286 g/mol. The van der Waals surface area contributed by atoms with Crippen LogP contribution in [0.4, 0.5) is 5.69 Å². The Morgan fingerprint density at radius 3 is 2.43 bits per heavy atom. The monoisotopic (exact) mass is 303 g/mol. The number of methoxy groups -OCH3 is 1. The van der Waals surface area contributed by atoms with Crippen molar-refractivity contribution in [1.82, 2.24) is 0 Å². The molecule has 0 spiro atoms. The molecule has 2 aromatic rings. The summed E-state index contributed by atoms with van der Waals surface area (Å²) >= 11 is 6.04. The number of halogens is 1. The molecule has 1 atom stereocenters. The zero-order valence-electron chi connectivity index (χ0n) is 12.3. The molecule has 0 aliphatic carbocycles. The molecule has 0 aliphatic rings. The van der Waals surface area contributed by atoms with Crippen LogP contribution in [0.25, 0.3) is 0 Å². The van der Waals surface area contributed by atoms with E-state index in [1.165, 1.54) is 7.11 Å². The van der Waals surface area contributed by atoms with E-state index in [0.29, 0.717) is 5.02 Å². The minimum Gasteiger partial charge on any atom is -0.467 e. The van der Waals surface area contributed by atoms with Crippen LogP contribution in [0.3, 0.4) is 0 Å². The summed E-state index contributed by atoms with van der Waals surface area (Å²) in [5, 5.41) is 3.82. The van der Waals surface area contributed by atoms with Gasteiger partial charge in [-0.05, 0) is 43.7 Å². The van der Waals surface area contributed by atoms with Crippen molar-refractivity contribution in [3.63, 3.8) is 0 Å². The average Bonchev–Trinajstić information content (AvgIpc) is 2.48. The Kier molecular flexibility index (Phi) is 4.53. The van der Waals surface area contributed by atoms with E-state index in [2.05, 4.69) is 5.32 Å². The SMILES string of the molecule is COC(=O)C(C)(Nc1ccc(C)cc1)c1cccc(Cl)c1. The molecule has 0 aromatic heterocycles. The Hall–Kier alpha value is -2.00. The first kappa shape index (κ1) is 15.4. The standard InChI is InChI=1S/C17H18ClNO2/c1-12-7-9-15(10-8-12)19-17(2,16(20)21-3)13-5-4-6-14(18)11-13/h4-11,19H,1-3H3. The highest BCUT2D eigenvalue weighted by atomic mass is 35.5. The highest BCUT2D eigenvalue weighted by Crippen LogP contribution is 2.29. The number of ether oxygens (including phenoxy) is 1. The molecule has 1 N–H and O–H groups in total. The molecule has 0 fully saturated rings. The molecule has 0 aliphatic heterocycles. The van der Waals surface area contributed by atoms with E-state index < -0.39 is 5.54 Å². The van der Waals surface area contributed by atoms with E-state index in [1.807, 2.05) is 43.3 Å². The summed E-state index contributed by atoms with van der Waals surface area (Å²) in [4.78, 5) is 12.3. The van der Waals surface area contributed by atoms with E-state index in [-0.39, 0.29) is 5.97 Å². The van der Waals surface area contributed by atoms with Crippen molar-refractivity contribution < 1.29 is 9.53 Å². The van der Waals surface area contributed by atoms with Gasteiger partial charge >= 0.3 is 5.97 Å². The van der Waals surface area contributed by atoms with Crippen LogP contribution in [-0.2, 0) is 15.1 Å². The second kappa shape index (κ2) is 6.19. The van der Waals surface area contributed by atoms with Crippen molar-refractivity contribution in [2.75, 3.05) is 12.4 Å². The lowest BCUT2D eigenvalue weighted by atomic mass is 9.91. The molecule has 21 heavy (non-hydrogen) atoms. The summed E-state index contributed by atoms with van der Waals surface area (Å²) < 4.78 is 4.96. The first-order valence-corrected chi connectivity index (χ1v) is 7.03. The van der Waals surface area contributed by atoms with E-state index in [0.717, 1.165) is 16.8 Å². The van der Waals surface area contributed by atoms with Crippen LogP contribution in [0.5, 0.6) is 0 Å². The third kappa shape index (κ3) is 3.37. The lowest BCUT2D eigenvalue weighted by Crippen LogP contribution is -2.41. The Morgan fingerprint density at radius 2 is 1.86 bits per heavy atom. The molecule has 4 heteroatoms. The summed E-state index contributed by atoms with van der Waals surface area (Å²) in [5.41, 5.74) is 1.74. The van der Waals surface area contributed by atoms with E-state index in [4.69, 9.17) is 16.3 Å². The van der Waals surface area contributed by atoms with Gasteiger partial charge in [-0.1, -0.05) is 41.4 Å². The number of hydrogen-bond donors (Lipinski definition) is 1. The van der Waals surface area contributed by atoms with Gasteiger partial charge in [-0.15, -0.1) is 0 Å². The van der Waals surface area contributed by atoms with Gasteiger partial charge in [0.25, 0.3) is 0 Å². The van der Waals surface area contributed by atoms with Gasteiger partial charge in [-0.25, -0.2) is 4.79 Å². The van der Waals surface area contributed by atoms with Crippen molar-refractivity contribution in [2.24, 2.45) is 0 Å². The minimum absolute atomic E-state index is 0.370. The van der Waals surface area contributed by atoms with Crippen molar-refractivity contribution >= 4 is 23.3 Å². The van der Waals surface area contributed by atoms with Crippen LogP contribution >= 0.6 is 11.6 Å². The summed E-state index contributed by atoms with van der Waals surface area (Å²) in [6, 6.07) is 15.0. The van der Waals surface area contributed by atoms with Gasteiger partial charge in [0.05, 0.1) is 7.11 Å². The maximum absolute atomic E-state index is 12.3. The van der Waals surface area contributed by atoms with Gasteiger partial charge in [0, 0.05) is 10.7 Å². The van der Waals surface area contributed by atoms with Gasteiger partial charge in [0.15, 0.2) is 5.54 Å². The second-order valence-corrected chi connectivity index (χ2v) is 5.55. The fourth-order valence-electron chi connectivity index (χ4n) is 2.17. The lowest BCUT2D eigenvalue weighted by Gasteiger charge is -2.29. The van der Waals surface area contributed by atoms with Gasteiger partial charge in [-0.2, -0.15) is 0 Å². The first-order valence-electron chi connectivity index (χ1n) is 6.65. The second-order valence-electron chi connectivity index (χ2n) is 5.12. The number of rotatable bonds is 4. The number of anilines is 1. The quantitative estimate of drug-likeness (QED) is 0.862. The number of hydrogen-bond acceptors (Lipinski definition) is 3. The van der Waals surface area contributed by atoms with Gasteiger partial charge < -0.3 is 10.1 Å². The first-order chi connectivity index (χ1) is 9.95. The fraction of sp³-hybridized carbons (Fsp3) is 0.235. The summed E-state index contributed by atoms with van der Waals surface area (Å²) in [7, 11) is 1.38. The van der Waals surface area contributed by atoms with Crippen LogP contribution in [0.1, 0.15) is 18.1 Å². The average molecular weight is 304 g/mol. The van der Waals surface area contributed by atoms with Crippen LogP contribution in [0, 0.1) is 6.92 Å². The Balaban J connectivity index is 2.42. The molecule has 0 heterocycles. The summed E-state index contributed by atoms with van der Waals surface area (Å²) in [6.07, 6.45) is 0. The Labute approximate surface area is 129 Å². The van der Waals surface area contributed by atoms with Gasteiger partial charge in [0.2, 0.25) is 0 Å². The highest BCUT2D eigenvalue weighted by Gasteiger charge is 2.36. The van der Waals surface area contributed by atoms with Crippen molar-refractivity contribution in [3.05, 3.63) is 64.7 Å². The Morgan fingerprint density at radius 1 is 1.19 bits per heavy atom. The summed E-state index contributed by atoms with van der Waals surface area (Å²) in [6.45, 7) is 3.80. The topological polar surface area (TPSA) is 38.3 Å². The number of carbonyl (C=O) groups excluding carboxylic acids is 1. The Bertz CT molecular complexity index is 639. The van der Waals surface area contributed by atoms with Crippen LogP contribution in [0.2, 0.25) is 5.02 Å². The molecule has 0 amide bonds. The molecule has 1 unspecified atom stereocenters. The molecule has 0 saturated carbocycles. The van der Waals surface area contributed by atoms with Crippen molar-refractivity contribution in [3.8, 4) is 0 Å². The maximum atomic E-state index is 12.3. The zero-order chi connectivity index (χ0) is 15.5. The molecule has 0 radical (unpaired) electrons. The van der Waals surface area contributed by atoms with Crippen molar-refractivity contribution in [1.29, 1.82) is 0 Å². The molecular formula is C17H18ClNO2. The summed E-state index contributed by atoms with van der Waals surface area (Å²) in [5.74, 6) is -0.370. The van der Waals surface area contributed by atoms with Crippen molar-refractivity contribution in [2.45, 2.75) is 19.4 Å². The number of benzene rings is 2. The van der Waals surface area contributed by atoms with E-state index in [9.17, 15) is 4.79 Å². The number of aryl methyl sites for hydroxylation is 1. The minimum atomic E-state index is -1.01. The van der Waals surface area contributed by atoms with Crippen LogP contribution in [0.15, 0.2) is 48.5 Å². The largest absolute Gasteiger partial charge is 0.467 e. The van der Waals surface area contributed by atoms with Gasteiger partial charge in [0.1, 0.15) is 0 Å². The third-order valence-corrected chi connectivity index (χ3v) is 3.68.